The van der Waals surface area contributed by atoms with Crippen molar-refractivity contribution >= 4 is 11.6 Å². The largest absolute Gasteiger partial charge is 0.393 e. The van der Waals surface area contributed by atoms with Crippen molar-refractivity contribution in [1.82, 2.24) is 0 Å². The van der Waals surface area contributed by atoms with Crippen LogP contribution in [0.5, 0.6) is 0 Å². The van der Waals surface area contributed by atoms with Gasteiger partial charge < -0.3 is 15.1 Å². The smallest absolute Gasteiger partial charge is 0.226 e. The SMILES string of the molecule is CC12CCC3C(C(O)CC4C[C@H](O)CCC43C)C1CCC2CCCC(=O)N1CCc2cc(F)ccc21. The number of carbonyl (C=O) groups is 1. The Morgan fingerprint density at radius 2 is 1.83 bits per heavy atom. The van der Waals surface area contributed by atoms with Crippen LogP contribution < -0.4 is 4.90 Å². The maximum atomic E-state index is 13.6. The summed E-state index contributed by atoms with van der Waals surface area (Å²) >= 11 is 0. The van der Waals surface area contributed by atoms with Gasteiger partial charge in [0.2, 0.25) is 5.91 Å². The van der Waals surface area contributed by atoms with Crippen LogP contribution in [0.25, 0.3) is 0 Å². The Bertz CT molecular complexity index is 1010. The maximum Gasteiger partial charge on any atom is 0.226 e. The van der Waals surface area contributed by atoms with Crippen molar-refractivity contribution in [2.75, 3.05) is 11.4 Å². The molecule has 5 aliphatic rings. The molecule has 2 N–H and O–H groups in total. The summed E-state index contributed by atoms with van der Waals surface area (Å²) in [5.74, 6) is 2.59. The summed E-state index contributed by atoms with van der Waals surface area (Å²) in [5, 5.41) is 21.7. The molecule has 0 saturated heterocycles. The van der Waals surface area contributed by atoms with E-state index in [1.165, 1.54) is 31.7 Å². The maximum absolute atomic E-state index is 13.6. The van der Waals surface area contributed by atoms with Crippen molar-refractivity contribution in [2.45, 2.75) is 103 Å². The highest BCUT2D eigenvalue weighted by molar-refractivity contribution is 5.95. The normalized spacial score (nSPS) is 43.5. The Hall–Kier alpha value is -1.46. The summed E-state index contributed by atoms with van der Waals surface area (Å²) in [6.07, 6.45) is 11.5. The van der Waals surface area contributed by atoms with Crippen LogP contribution >= 0.6 is 0 Å². The number of halogens is 1. The van der Waals surface area contributed by atoms with Gasteiger partial charge in [0, 0.05) is 18.7 Å². The van der Waals surface area contributed by atoms with Crippen LogP contribution in [0.15, 0.2) is 18.2 Å². The van der Waals surface area contributed by atoms with Crippen LogP contribution in [0.4, 0.5) is 10.1 Å². The molecule has 1 amide bonds. The van der Waals surface area contributed by atoms with Crippen LogP contribution in [0.3, 0.4) is 0 Å². The molecule has 198 valence electrons. The standard InChI is InChI=1S/C31H44FNO3/c1-30-14-11-25-29(27(35)18-21-17-23(34)10-13-31(21,25)2)24(30)8-6-20(30)4-3-5-28(36)33-15-12-19-16-22(32)7-9-26(19)33/h7,9,16,20-21,23-25,27,29,34-35H,3-6,8,10-15,17-18H2,1-2H3/t20?,21?,23-,24?,25?,27?,29?,30?,31?/m1/s1. The van der Waals surface area contributed by atoms with Gasteiger partial charge >= 0.3 is 0 Å². The molecular weight excluding hydrogens is 453 g/mol. The number of benzene rings is 1. The molecule has 9 atom stereocenters. The number of hydrogen-bond acceptors (Lipinski definition) is 3. The van der Waals surface area contributed by atoms with Crippen molar-refractivity contribution in [2.24, 2.45) is 40.4 Å². The molecule has 0 spiro atoms. The predicted octanol–water partition coefficient (Wildman–Crippen LogP) is 5.88. The molecule has 4 aliphatic carbocycles. The number of fused-ring (bicyclic) bond motifs is 6. The second-order valence-electron chi connectivity index (χ2n) is 13.5. The zero-order valence-electron chi connectivity index (χ0n) is 22.1. The van der Waals surface area contributed by atoms with Crippen molar-refractivity contribution in [3.05, 3.63) is 29.6 Å². The Morgan fingerprint density at radius 1 is 1.06 bits per heavy atom. The Balaban J connectivity index is 1.10. The molecule has 1 aromatic carbocycles. The van der Waals surface area contributed by atoms with Crippen molar-refractivity contribution in [1.29, 1.82) is 0 Å². The molecule has 6 rings (SSSR count). The fourth-order valence-electron chi connectivity index (χ4n) is 10.0. The van der Waals surface area contributed by atoms with Crippen LogP contribution in [-0.2, 0) is 11.2 Å². The first-order chi connectivity index (χ1) is 17.2. The third kappa shape index (κ3) is 3.86. The summed E-state index contributed by atoms with van der Waals surface area (Å²) in [6, 6.07) is 4.78. The van der Waals surface area contributed by atoms with E-state index in [-0.39, 0.29) is 34.8 Å². The number of amides is 1. The third-order valence-electron chi connectivity index (χ3n) is 12.0. The molecule has 0 aromatic heterocycles. The van der Waals surface area contributed by atoms with Crippen molar-refractivity contribution in [3.8, 4) is 0 Å². The number of anilines is 1. The van der Waals surface area contributed by atoms with Gasteiger partial charge in [-0.25, -0.2) is 4.39 Å². The molecule has 1 heterocycles. The molecular formula is C31H44FNO3. The molecule has 4 nitrogen and oxygen atoms in total. The lowest BCUT2D eigenvalue weighted by molar-refractivity contribution is -0.172. The first-order valence-corrected chi connectivity index (χ1v) is 14.7. The van der Waals surface area contributed by atoms with Gasteiger partial charge in [0.05, 0.1) is 12.2 Å². The lowest BCUT2D eigenvalue weighted by atomic mass is 9.44. The number of nitrogens with zero attached hydrogens (tertiary/aromatic N) is 1. The number of aliphatic hydroxyl groups is 2. The minimum Gasteiger partial charge on any atom is -0.393 e. The van der Waals surface area contributed by atoms with E-state index in [4.69, 9.17) is 0 Å². The molecule has 8 unspecified atom stereocenters. The van der Waals surface area contributed by atoms with Gasteiger partial charge in [-0.1, -0.05) is 13.8 Å². The van der Waals surface area contributed by atoms with E-state index in [1.807, 2.05) is 4.90 Å². The van der Waals surface area contributed by atoms with Gasteiger partial charge in [-0.05, 0) is 135 Å². The van der Waals surface area contributed by atoms with E-state index in [0.717, 1.165) is 56.2 Å². The first-order valence-electron chi connectivity index (χ1n) is 14.7. The van der Waals surface area contributed by atoms with Crippen LogP contribution in [0.1, 0.15) is 90.0 Å². The van der Waals surface area contributed by atoms with Gasteiger partial charge in [-0.15, -0.1) is 0 Å². The number of hydrogen-bond donors (Lipinski definition) is 2. The quantitative estimate of drug-likeness (QED) is 0.546. The molecule has 5 heteroatoms. The third-order valence-corrected chi connectivity index (χ3v) is 12.0. The van der Waals surface area contributed by atoms with Gasteiger partial charge in [0.15, 0.2) is 0 Å². The van der Waals surface area contributed by atoms with Gasteiger partial charge in [0.25, 0.3) is 0 Å². The average molecular weight is 498 g/mol. The molecule has 0 radical (unpaired) electrons. The fraction of sp³-hybridized carbons (Fsp3) is 0.774. The average Bonchev–Trinajstić information content (AvgIpc) is 3.41. The highest BCUT2D eigenvalue weighted by Gasteiger charge is 2.62. The second-order valence-corrected chi connectivity index (χ2v) is 13.5. The van der Waals surface area contributed by atoms with E-state index in [9.17, 15) is 19.4 Å². The van der Waals surface area contributed by atoms with Gasteiger partial charge in [0.1, 0.15) is 5.82 Å². The number of rotatable bonds is 4. The van der Waals surface area contributed by atoms with Crippen molar-refractivity contribution in [3.63, 3.8) is 0 Å². The van der Waals surface area contributed by atoms with E-state index in [1.54, 1.807) is 12.1 Å². The van der Waals surface area contributed by atoms with Gasteiger partial charge in [-0.2, -0.15) is 0 Å². The first kappa shape index (κ1) is 24.9. The summed E-state index contributed by atoms with van der Waals surface area (Å²) in [4.78, 5) is 14.9. The minimum atomic E-state index is -0.233. The lowest BCUT2D eigenvalue weighted by Crippen LogP contribution is -2.58. The zero-order chi connectivity index (χ0) is 25.2. The topological polar surface area (TPSA) is 60.8 Å². The van der Waals surface area contributed by atoms with E-state index in [2.05, 4.69) is 13.8 Å². The highest BCUT2D eigenvalue weighted by Crippen LogP contribution is 2.67. The number of aliphatic hydroxyl groups excluding tert-OH is 2. The van der Waals surface area contributed by atoms with Crippen LogP contribution in [-0.4, -0.2) is 34.9 Å². The highest BCUT2D eigenvalue weighted by atomic mass is 19.1. The van der Waals surface area contributed by atoms with E-state index in [0.29, 0.717) is 42.6 Å². The molecule has 4 fully saturated rings. The zero-order valence-corrected chi connectivity index (χ0v) is 22.1. The molecule has 0 bridgehead atoms. The minimum absolute atomic E-state index is 0.171. The second kappa shape index (κ2) is 9.08. The van der Waals surface area contributed by atoms with Crippen LogP contribution in [0.2, 0.25) is 0 Å². The van der Waals surface area contributed by atoms with Crippen molar-refractivity contribution < 1.29 is 19.4 Å². The molecule has 1 aromatic rings. The predicted molar refractivity (Wildman–Crippen MR) is 139 cm³/mol. The summed E-state index contributed by atoms with van der Waals surface area (Å²) < 4.78 is 13.6. The lowest BCUT2D eigenvalue weighted by Gasteiger charge is -2.62. The summed E-state index contributed by atoms with van der Waals surface area (Å²) in [6.45, 7) is 5.63. The van der Waals surface area contributed by atoms with Crippen LogP contribution in [0, 0.1) is 46.2 Å². The molecule has 36 heavy (non-hydrogen) atoms. The van der Waals surface area contributed by atoms with E-state index >= 15 is 0 Å². The number of carbonyl (C=O) groups excluding carboxylic acids is 1. The fourth-order valence-corrected chi connectivity index (χ4v) is 10.0. The Kier molecular flexibility index (Phi) is 6.27. The summed E-state index contributed by atoms with van der Waals surface area (Å²) in [7, 11) is 0. The van der Waals surface area contributed by atoms with E-state index < -0.39 is 0 Å². The van der Waals surface area contributed by atoms with Gasteiger partial charge in [-0.3, -0.25) is 4.79 Å². The monoisotopic (exact) mass is 497 g/mol. The Morgan fingerprint density at radius 3 is 2.67 bits per heavy atom. The Labute approximate surface area is 215 Å². The molecule has 4 saturated carbocycles. The summed E-state index contributed by atoms with van der Waals surface area (Å²) in [5.41, 5.74) is 2.37. The molecule has 1 aliphatic heterocycles.